The molecular weight excluding hydrogens is 266 g/mol. The number of hydrogen-bond acceptors (Lipinski definition) is 3. The zero-order valence-electron chi connectivity index (χ0n) is 12.3. The van der Waals surface area contributed by atoms with Crippen LogP contribution in [0.15, 0.2) is 48.5 Å². The number of para-hydroxylation sites is 2. The Labute approximate surface area is 124 Å². The van der Waals surface area contributed by atoms with Gasteiger partial charge in [0.15, 0.2) is 11.5 Å². The molecule has 0 unspecified atom stereocenters. The van der Waals surface area contributed by atoms with Crippen LogP contribution in [0.3, 0.4) is 0 Å². The summed E-state index contributed by atoms with van der Waals surface area (Å²) in [4.78, 5) is 11.8. The second-order valence-electron chi connectivity index (χ2n) is 4.61. The number of carbonyl (C=O) groups is 1. The molecular formula is C17H19NO3. The zero-order valence-corrected chi connectivity index (χ0v) is 12.3. The van der Waals surface area contributed by atoms with E-state index in [-0.39, 0.29) is 0 Å². The van der Waals surface area contributed by atoms with Crippen LogP contribution >= 0.6 is 0 Å². The van der Waals surface area contributed by atoms with Crippen molar-refractivity contribution in [2.24, 2.45) is 0 Å². The first kappa shape index (κ1) is 14.9. The molecule has 0 radical (unpaired) electrons. The van der Waals surface area contributed by atoms with Crippen molar-refractivity contribution in [3.05, 3.63) is 59.7 Å². The minimum absolute atomic E-state index is 0.417. The minimum Gasteiger partial charge on any atom is -0.490 e. The average molecular weight is 285 g/mol. The van der Waals surface area contributed by atoms with E-state index in [4.69, 9.17) is 9.47 Å². The third-order valence-electron chi connectivity index (χ3n) is 2.91. The van der Waals surface area contributed by atoms with Gasteiger partial charge >= 0.3 is 6.09 Å². The molecule has 0 spiro atoms. The predicted molar refractivity (Wildman–Crippen MR) is 81.7 cm³/mol. The Morgan fingerprint density at radius 2 is 1.71 bits per heavy atom. The lowest BCUT2D eigenvalue weighted by Gasteiger charge is -2.11. The summed E-state index contributed by atoms with van der Waals surface area (Å²) in [5.74, 6) is 0.978. The summed E-state index contributed by atoms with van der Waals surface area (Å²) in [5.41, 5.74) is 2.21. The Morgan fingerprint density at radius 3 is 2.38 bits per heavy atom. The summed E-state index contributed by atoms with van der Waals surface area (Å²) in [5, 5.41) is 2.72. The highest BCUT2D eigenvalue weighted by Gasteiger charge is 2.09. The van der Waals surface area contributed by atoms with E-state index >= 15 is 0 Å². The van der Waals surface area contributed by atoms with Gasteiger partial charge in [0.25, 0.3) is 0 Å². The number of nitrogens with one attached hydrogen (secondary N) is 1. The molecule has 0 saturated carbocycles. The molecule has 4 heteroatoms. The highest BCUT2D eigenvalue weighted by molar-refractivity contribution is 5.71. The maximum atomic E-state index is 11.8. The van der Waals surface area contributed by atoms with E-state index in [1.165, 1.54) is 5.56 Å². The molecule has 1 amide bonds. The molecule has 0 aromatic heterocycles. The Bertz CT molecular complexity index is 593. The van der Waals surface area contributed by atoms with Gasteiger partial charge in [0.05, 0.1) is 6.61 Å². The number of hydrogen-bond donors (Lipinski definition) is 1. The summed E-state index contributed by atoms with van der Waals surface area (Å²) in [7, 11) is 0. The van der Waals surface area contributed by atoms with E-state index in [0.717, 1.165) is 5.56 Å². The second kappa shape index (κ2) is 7.33. The molecule has 110 valence electrons. The molecule has 0 aliphatic rings. The van der Waals surface area contributed by atoms with Gasteiger partial charge in [-0.05, 0) is 31.5 Å². The average Bonchev–Trinajstić information content (AvgIpc) is 2.49. The summed E-state index contributed by atoms with van der Waals surface area (Å²) in [6, 6.07) is 15.1. The van der Waals surface area contributed by atoms with Gasteiger partial charge in [-0.2, -0.15) is 0 Å². The van der Waals surface area contributed by atoms with Crippen LogP contribution in [0.1, 0.15) is 18.1 Å². The predicted octanol–water partition coefficient (Wildman–Crippen LogP) is 3.68. The molecule has 0 aliphatic heterocycles. The summed E-state index contributed by atoms with van der Waals surface area (Å²) >= 11 is 0. The number of amides is 1. The van der Waals surface area contributed by atoms with Gasteiger partial charge in [0.2, 0.25) is 0 Å². The Balaban J connectivity index is 1.91. The summed E-state index contributed by atoms with van der Waals surface area (Å²) in [6.45, 7) is 4.85. The maximum absolute atomic E-state index is 11.8. The van der Waals surface area contributed by atoms with Gasteiger partial charge in [-0.1, -0.05) is 42.0 Å². The van der Waals surface area contributed by atoms with Crippen LogP contribution in [0.4, 0.5) is 4.79 Å². The van der Waals surface area contributed by atoms with E-state index in [0.29, 0.717) is 24.7 Å². The van der Waals surface area contributed by atoms with Gasteiger partial charge in [-0.15, -0.1) is 0 Å². The van der Waals surface area contributed by atoms with Gasteiger partial charge < -0.3 is 14.8 Å². The first-order valence-electron chi connectivity index (χ1n) is 6.92. The normalized spacial score (nSPS) is 10.0. The smallest absolute Gasteiger partial charge is 0.413 e. The van der Waals surface area contributed by atoms with E-state index < -0.39 is 6.09 Å². The number of rotatable bonds is 5. The number of benzene rings is 2. The van der Waals surface area contributed by atoms with Gasteiger partial charge in [0.1, 0.15) is 0 Å². The van der Waals surface area contributed by atoms with Crippen LogP contribution in [0.25, 0.3) is 0 Å². The molecule has 0 heterocycles. The maximum Gasteiger partial charge on any atom is 0.413 e. The first-order chi connectivity index (χ1) is 10.2. The molecule has 2 aromatic rings. The van der Waals surface area contributed by atoms with Crippen molar-refractivity contribution in [2.45, 2.75) is 20.4 Å². The lowest BCUT2D eigenvalue weighted by molar-refractivity contribution is 0.197. The summed E-state index contributed by atoms with van der Waals surface area (Å²) < 4.78 is 10.7. The molecule has 1 N–H and O–H groups in total. The van der Waals surface area contributed by atoms with Gasteiger partial charge in [0, 0.05) is 6.54 Å². The molecule has 2 aromatic carbocycles. The third kappa shape index (κ3) is 4.53. The number of ether oxygens (including phenoxy) is 2. The van der Waals surface area contributed by atoms with Crippen molar-refractivity contribution in [3.63, 3.8) is 0 Å². The molecule has 4 nitrogen and oxygen atoms in total. The largest absolute Gasteiger partial charge is 0.490 e. The Morgan fingerprint density at radius 1 is 1.05 bits per heavy atom. The van der Waals surface area contributed by atoms with E-state index in [2.05, 4.69) is 5.32 Å². The van der Waals surface area contributed by atoms with Crippen LogP contribution in [-0.2, 0) is 6.54 Å². The highest BCUT2D eigenvalue weighted by Crippen LogP contribution is 2.26. The van der Waals surface area contributed by atoms with Crippen molar-refractivity contribution in [1.29, 1.82) is 0 Å². The van der Waals surface area contributed by atoms with Gasteiger partial charge in [-0.25, -0.2) is 4.79 Å². The highest BCUT2D eigenvalue weighted by atomic mass is 16.6. The third-order valence-corrected chi connectivity index (χ3v) is 2.91. The van der Waals surface area contributed by atoms with E-state index in [9.17, 15) is 4.79 Å². The lowest BCUT2D eigenvalue weighted by Crippen LogP contribution is -2.26. The van der Waals surface area contributed by atoms with Crippen LogP contribution in [0.2, 0.25) is 0 Å². The van der Waals surface area contributed by atoms with Crippen LogP contribution in [0, 0.1) is 6.92 Å². The topological polar surface area (TPSA) is 47.6 Å². The fourth-order valence-electron chi connectivity index (χ4n) is 1.83. The summed E-state index contributed by atoms with van der Waals surface area (Å²) in [6.07, 6.45) is -0.497. The van der Waals surface area contributed by atoms with Crippen molar-refractivity contribution < 1.29 is 14.3 Å². The van der Waals surface area contributed by atoms with Crippen LogP contribution in [0.5, 0.6) is 11.5 Å². The molecule has 0 aliphatic carbocycles. The SMILES string of the molecule is CCOc1ccccc1OC(=O)NCc1ccc(C)cc1. The lowest BCUT2D eigenvalue weighted by atomic mass is 10.1. The zero-order chi connectivity index (χ0) is 15.1. The van der Waals surface area contributed by atoms with Crippen LogP contribution < -0.4 is 14.8 Å². The quantitative estimate of drug-likeness (QED) is 0.911. The Kier molecular flexibility index (Phi) is 5.21. The van der Waals surface area contributed by atoms with E-state index in [1.807, 2.05) is 44.2 Å². The van der Waals surface area contributed by atoms with Crippen molar-refractivity contribution in [2.75, 3.05) is 6.61 Å². The molecule has 0 atom stereocenters. The number of carbonyl (C=O) groups excluding carboxylic acids is 1. The molecule has 0 saturated heterocycles. The number of aryl methyl sites for hydroxylation is 1. The molecule has 0 fully saturated rings. The van der Waals surface area contributed by atoms with Crippen LogP contribution in [-0.4, -0.2) is 12.7 Å². The second-order valence-corrected chi connectivity index (χ2v) is 4.61. The first-order valence-corrected chi connectivity index (χ1v) is 6.92. The standard InChI is InChI=1S/C17H19NO3/c1-3-20-15-6-4-5-7-16(15)21-17(19)18-12-14-10-8-13(2)9-11-14/h4-11H,3,12H2,1-2H3,(H,18,19). The minimum atomic E-state index is -0.497. The fourth-order valence-corrected chi connectivity index (χ4v) is 1.83. The van der Waals surface area contributed by atoms with E-state index in [1.54, 1.807) is 18.2 Å². The molecule has 0 bridgehead atoms. The van der Waals surface area contributed by atoms with Gasteiger partial charge in [-0.3, -0.25) is 0 Å². The van der Waals surface area contributed by atoms with Crippen molar-refractivity contribution in [1.82, 2.24) is 5.32 Å². The van der Waals surface area contributed by atoms with Crippen molar-refractivity contribution in [3.8, 4) is 11.5 Å². The molecule has 2 rings (SSSR count). The van der Waals surface area contributed by atoms with Crippen molar-refractivity contribution >= 4 is 6.09 Å². The fraction of sp³-hybridized carbons (Fsp3) is 0.235. The molecule has 21 heavy (non-hydrogen) atoms. The Hall–Kier alpha value is -2.49. The monoisotopic (exact) mass is 285 g/mol.